The third-order valence-electron chi connectivity index (χ3n) is 4.47. The van der Waals surface area contributed by atoms with E-state index in [2.05, 4.69) is 16.9 Å². The molecule has 0 aliphatic carbocycles. The summed E-state index contributed by atoms with van der Waals surface area (Å²) in [6.07, 6.45) is 1.63. The topological polar surface area (TPSA) is 87.8 Å². The number of benzene rings is 1. The molecule has 160 valence electrons. The SMILES string of the molecule is C=CCn1c(SCC(=O)Nc2cc(Cl)ccc2C#N)nc2scc(-c3cccs3)c2c1=O. The number of nitrogens with zero attached hydrogens (tertiary/aromatic N) is 3. The first-order valence-electron chi connectivity index (χ1n) is 9.31. The number of amides is 1. The predicted molar refractivity (Wildman–Crippen MR) is 133 cm³/mol. The summed E-state index contributed by atoms with van der Waals surface area (Å²) in [5.74, 6) is -0.325. The molecule has 4 aromatic rings. The van der Waals surface area contributed by atoms with Crippen molar-refractivity contribution in [1.29, 1.82) is 5.26 Å². The number of allylic oxidation sites excluding steroid dienone is 1. The summed E-state index contributed by atoms with van der Waals surface area (Å²) in [7, 11) is 0. The smallest absolute Gasteiger partial charge is 0.263 e. The van der Waals surface area contributed by atoms with E-state index in [0.29, 0.717) is 31.6 Å². The largest absolute Gasteiger partial charge is 0.324 e. The summed E-state index contributed by atoms with van der Waals surface area (Å²) in [5.41, 5.74) is 1.37. The van der Waals surface area contributed by atoms with Gasteiger partial charge in [0, 0.05) is 27.4 Å². The Kier molecular flexibility index (Phi) is 6.77. The molecule has 0 aliphatic heterocycles. The maximum absolute atomic E-state index is 13.3. The molecule has 3 aromatic heterocycles. The molecule has 0 aliphatic rings. The van der Waals surface area contributed by atoms with Gasteiger partial charge in [0.15, 0.2) is 5.16 Å². The lowest BCUT2D eigenvalue weighted by Crippen LogP contribution is -2.23. The highest BCUT2D eigenvalue weighted by Crippen LogP contribution is 2.34. The van der Waals surface area contributed by atoms with Crippen molar-refractivity contribution in [2.45, 2.75) is 11.7 Å². The van der Waals surface area contributed by atoms with E-state index in [0.717, 1.165) is 22.2 Å². The van der Waals surface area contributed by atoms with Crippen molar-refractivity contribution >= 4 is 67.8 Å². The van der Waals surface area contributed by atoms with Crippen molar-refractivity contribution < 1.29 is 4.79 Å². The number of thioether (sulfide) groups is 1. The summed E-state index contributed by atoms with van der Waals surface area (Å²) < 4.78 is 1.52. The molecule has 0 saturated carbocycles. The zero-order valence-corrected chi connectivity index (χ0v) is 19.7. The molecule has 6 nitrogen and oxygen atoms in total. The fourth-order valence-corrected chi connectivity index (χ4v) is 5.84. The second-order valence-corrected chi connectivity index (χ2v) is 9.73. The molecule has 10 heteroatoms. The van der Waals surface area contributed by atoms with Gasteiger partial charge < -0.3 is 5.32 Å². The van der Waals surface area contributed by atoms with Crippen LogP contribution in [0.15, 0.2) is 63.7 Å². The molecule has 0 unspecified atom stereocenters. The van der Waals surface area contributed by atoms with Crippen LogP contribution in [0.2, 0.25) is 5.02 Å². The highest BCUT2D eigenvalue weighted by molar-refractivity contribution is 7.99. The van der Waals surface area contributed by atoms with Gasteiger partial charge >= 0.3 is 0 Å². The van der Waals surface area contributed by atoms with Gasteiger partial charge in [-0.1, -0.05) is 35.5 Å². The van der Waals surface area contributed by atoms with Crippen LogP contribution in [0.1, 0.15) is 5.56 Å². The summed E-state index contributed by atoms with van der Waals surface area (Å²) in [4.78, 5) is 32.1. The van der Waals surface area contributed by atoms with Crippen LogP contribution in [0.5, 0.6) is 0 Å². The van der Waals surface area contributed by atoms with Gasteiger partial charge in [-0.25, -0.2) is 4.98 Å². The average molecular weight is 499 g/mol. The first kappa shape index (κ1) is 22.3. The molecule has 0 bridgehead atoms. The van der Waals surface area contributed by atoms with Gasteiger partial charge in [-0.05, 0) is 29.6 Å². The number of rotatable bonds is 7. The first-order valence-corrected chi connectivity index (χ1v) is 12.4. The normalized spacial score (nSPS) is 10.8. The van der Waals surface area contributed by atoms with Gasteiger partial charge in [0.2, 0.25) is 5.91 Å². The van der Waals surface area contributed by atoms with Crippen molar-refractivity contribution in [3.63, 3.8) is 0 Å². The summed E-state index contributed by atoms with van der Waals surface area (Å²) >= 11 is 10.1. The van der Waals surface area contributed by atoms with Crippen LogP contribution in [-0.2, 0) is 11.3 Å². The number of nitrogens with one attached hydrogen (secondary N) is 1. The minimum Gasteiger partial charge on any atom is -0.324 e. The van der Waals surface area contributed by atoms with E-state index in [1.165, 1.54) is 22.0 Å². The maximum Gasteiger partial charge on any atom is 0.263 e. The molecule has 0 spiro atoms. The summed E-state index contributed by atoms with van der Waals surface area (Å²) in [5, 5.41) is 17.3. The van der Waals surface area contributed by atoms with Gasteiger partial charge in [0.05, 0.1) is 22.4 Å². The van der Waals surface area contributed by atoms with E-state index >= 15 is 0 Å². The molecule has 3 heterocycles. The number of nitriles is 1. The van der Waals surface area contributed by atoms with Crippen LogP contribution < -0.4 is 10.9 Å². The number of hydrogen-bond acceptors (Lipinski definition) is 7. The second kappa shape index (κ2) is 9.71. The monoisotopic (exact) mass is 498 g/mol. The molecule has 0 saturated heterocycles. The molecular weight excluding hydrogens is 484 g/mol. The predicted octanol–water partition coefficient (Wildman–Crippen LogP) is 5.63. The van der Waals surface area contributed by atoms with Crippen molar-refractivity contribution in [2.75, 3.05) is 11.1 Å². The molecule has 1 N–H and O–H groups in total. The summed E-state index contributed by atoms with van der Waals surface area (Å²) in [6.45, 7) is 4.02. The molecule has 4 rings (SSSR count). The molecule has 0 radical (unpaired) electrons. The van der Waals surface area contributed by atoms with E-state index in [4.69, 9.17) is 11.6 Å². The second-order valence-electron chi connectivity index (χ2n) is 6.54. The number of carbonyl (C=O) groups is 1. The number of halogens is 1. The Morgan fingerprint density at radius 2 is 2.22 bits per heavy atom. The van der Waals surface area contributed by atoms with Gasteiger partial charge in [-0.3, -0.25) is 14.2 Å². The molecule has 1 aromatic carbocycles. The van der Waals surface area contributed by atoms with Crippen LogP contribution in [-0.4, -0.2) is 21.2 Å². The van der Waals surface area contributed by atoms with Crippen molar-refractivity contribution in [1.82, 2.24) is 9.55 Å². The van der Waals surface area contributed by atoms with Gasteiger partial charge in [0.25, 0.3) is 5.56 Å². The number of fused-ring (bicyclic) bond motifs is 1. The highest BCUT2D eigenvalue weighted by Gasteiger charge is 2.18. The average Bonchev–Trinajstić information content (AvgIpc) is 3.44. The number of carbonyl (C=O) groups excluding carboxylic acids is 1. The Morgan fingerprint density at radius 3 is 2.94 bits per heavy atom. The van der Waals surface area contributed by atoms with Crippen molar-refractivity contribution in [2.24, 2.45) is 0 Å². The zero-order chi connectivity index (χ0) is 22.7. The quantitative estimate of drug-likeness (QED) is 0.203. The Balaban J connectivity index is 1.62. The molecular formula is C22H15ClN4O2S3. The van der Waals surface area contributed by atoms with Crippen LogP contribution in [0.4, 0.5) is 5.69 Å². The van der Waals surface area contributed by atoms with Crippen LogP contribution in [0.3, 0.4) is 0 Å². The Labute approximate surface area is 200 Å². The standard InChI is InChI=1S/C22H15ClN4O2S3/c1-2-7-27-21(29)19-15(17-4-3-8-30-17)11-31-20(19)26-22(27)32-12-18(28)25-16-9-14(23)6-5-13(16)10-24/h2-6,8-9,11H,1,7,12H2,(H,25,28). The fourth-order valence-electron chi connectivity index (χ4n) is 3.05. The first-order chi connectivity index (χ1) is 15.5. The number of anilines is 1. The number of hydrogen-bond donors (Lipinski definition) is 1. The number of thiophene rings is 2. The van der Waals surface area contributed by atoms with Crippen LogP contribution in [0, 0.1) is 11.3 Å². The fraction of sp³-hybridized carbons (Fsp3) is 0.0909. The zero-order valence-electron chi connectivity index (χ0n) is 16.5. The Bertz CT molecular complexity index is 1420. The maximum atomic E-state index is 13.3. The van der Waals surface area contributed by atoms with E-state index in [-0.39, 0.29) is 23.8 Å². The lowest BCUT2D eigenvalue weighted by molar-refractivity contribution is -0.113. The van der Waals surface area contributed by atoms with E-state index in [9.17, 15) is 14.9 Å². The van der Waals surface area contributed by atoms with E-state index in [1.807, 2.05) is 29.0 Å². The van der Waals surface area contributed by atoms with Crippen LogP contribution in [0.25, 0.3) is 20.7 Å². The number of aromatic nitrogens is 2. The molecule has 0 fully saturated rings. The Hall–Kier alpha value is -2.90. The minimum atomic E-state index is -0.335. The highest BCUT2D eigenvalue weighted by atomic mass is 35.5. The molecule has 0 atom stereocenters. The van der Waals surface area contributed by atoms with Gasteiger partial charge in [-0.15, -0.1) is 29.3 Å². The van der Waals surface area contributed by atoms with Gasteiger partial charge in [-0.2, -0.15) is 5.26 Å². The lowest BCUT2D eigenvalue weighted by atomic mass is 10.2. The minimum absolute atomic E-state index is 0.00955. The van der Waals surface area contributed by atoms with Gasteiger partial charge in [0.1, 0.15) is 10.9 Å². The van der Waals surface area contributed by atoms with Crippen molar-refractivity contribution in [3.8, 4) is 16.5 Å². The van der Waals surface area contributed by atoms with Crippen LogP contribution >= 0.6 is 46.0 Å². The van der Waals surface area contributed by atoms with E-state index < -0.39 is 0 Å². The molecule has 1 amide bonds. The Morgan fingerprint density at radius 1 is 1.38 bits per heavy atom. The third-order valence-corrected chi connectivity index (χ3v) is 7.45. The lowest BCUT2D eigenvalue weighted by Gasteiger charge is -2.11. The van der Waals surface area contributed by atoms with E-state index in [1.54, 1.807) is 29.5 Å². The molecule has 32 heavy (non-hydrogen) atoms. The third kappa shape index (κ3) is 4.49. The summed E-state index contributed by atoms with van der Waals surface area (Å²) in [6, 6.07) is 10.6. The van der Waals surface area contributed by atoms with Crippen molar-refractivity contribution in [3.05, 3.63) is 74.7 Å².